The molecule has 0 aliphatic carbocycles. The molecule has 0 heterocycles. The van der Waals surface area contributed by atoms with Gasteiger partial charge in [-0.2, -0.15) is 5.26 Å². The highest BCUT2D eigenvalue weighted by Crippen LogP contribution is 2.26. The Morgan fingerprint density at radius 2 is 1.92 bits per heavy atom. The highest BCUT2D eigenvalue weighted by Gasteiger charge is 2.29. The molecule has 1 aromatic rings. The maximum Gasteiger partial charge on any atom is 0.412 e. The van der Waals surface area contributed by atoms with E-state index in [1.165, 1.54) is 12.1 Å². The van der Waals surface area contributed by atoms with Gasteiger partial charge in [0.25, 0.3) is 5.91 Å². The lowest BCUT2D eigenvalue weighted by atomic mass is 9.89. The van der Waals surface area contributed by atoms with Crippen LogP contribution in [-0.4, -0.2) is 24.1 Å². The number of halogens is 2. The van der Waals surface area contributed by atoms with E-state index in [0.717, 1.165) is 0 Å². The molecule has 0 radical (unpaired) electrons. The van der Waals surface area contributed by atoms with E-state index in [0.29, 0.717) is 17.1 Å². The van der Waals surface area contributed by atoms with Crippen molar-refractivity contribution in [3.8, 4) is 6.07 Å². The first-order valence-electron chi connectivity index (χ1n) is 7.64. The largest absolute Gasteiger partial charge is 0.436 e. The molecule has 8 heteroatoms. The van der Waals surface area contributed by atoms with E-state index in [1.54, 1.807) is 13.0 Å². The highest BCUT2D eigenvalue weighted by molar-refractivity contribution is 6.42. The number of carbonyl (C=O) groups excluding carboxylic acids is 2. The monoisotopic (exact) mass is 385 g/mol. The van der Waals surface area contributed by atoms with Gasteiger partial charge in [0.15, 0.2) is 6.10 Å². The third-order valence-electron chi connectivity index (χ3n) is 3.06. The molecule has 0 aromatic heterocycles. The number of nitriles is 1. The number of hydrogen-bond donors (Lipinski definition) is 2. The lowest BCUT2D eigenvalue weighted by Crippen LogP contribution is -2.43. The molecule has 0 saturated carbocycles. The number of nitrogens with one attached hydrogen (secondary N) is 2. The van der Waals surface area contributed by atoms with Crippen LogP contribution in [0.25, 0.3) is 0 Å². The lowest BCUT2D eigenvalue weighted by Gasteiger charge is -2.25. The minimum Gasteiger partial charge on any atom is -0.436 e. The first-order chi connectivity index (χ1) is 11.5. The molecule has 1 rings (SSSR count). The standard InChI is InChI=1S/C17H21Cl2N3O3/c1-10(9-20)21-15(23)14(8-17(2,3)4)25-16(24)22-11-5-6-12(18)13(19)7-11/h5-7,10,14H,8H2,1-4H3,(H,21,23)(H,22,24). The Morgan fingerprint density at radius 1 is 1.28 bits per heavy atom. The first kappa shape index (κ1) is 21.1. The number of anilines is 1. The molecule has 2 atom stereocenters. The van der Waals surface area contributed by atoms with Crippen molar-refractivity contribution in [2.45, 2.75) is 46.3 Å². The normalized spacial score (nSPS) is 13.3. The fraction of sp³-hybridized carbons (Fsp3) is 0.471. The fourth-order valence-electron chi connectivity index (χ4n) is 1.93. The van der Waals surface area contributed by atoms with Gasteiger partial charge in [-0.3, -0.25) is 10.1 Å². The molecular weight excluding hydrogens is 365 g/mol. The van der Waals surface area contributed by atoms with Crippen LogP contribution in [0.1, 0.15) is 34.1 Å². The zero-order valence-corrected chi connectivity index (χ0v) is 16.0. The Kier molecular flexibility index (Phi) is 7.53. The summed E-state index contributed by atoms with van der Waals surface area (Å²) in [5.41, 5.74) is 0.126. The number of nitrogens with zero attached hydrogens (tertiary/aromatic N) is 1. The van der Waals surface area contributed by atoms with Crippen molar-refractivity contribution < 1.29 is 14.3 Å². The number of ether oxygens (including phenoxy) is 1. The average molecular weight is 386 g/mol. The Hall–Kier alpha value is -1.97. The molecule has 0 aliphatic heterocycles. The lowest BCUT2D eigenvalue weighted by molar-refractivity contribution is -0.131. The summed E-state index contributed by atoms with van der Waals surface area (Å²) in [6.07, 6.45) is -1.53. The van der Waals surface area contributed by atoms with Gasteiger partial charge in [0, 0.05) is 5.69 Å². The van der Waals surface area contributed by atoms with Gasteiger partial charge in [-0.25, -0.2) is 4.79 Å². The van der Waals surface area contributed by atoms with E-state index in [1.807, 2.05) is 26.8 Å². The predicted molar refractivity (Wildman–Crippen MR) is 97.6 cm³/mol. The van der Waals surface area contributed by atoms with Gasteiger partial charge in [0.2, 0.25) is 0 Å². The van der Waals surface area contributed by atoms with Gasteiger partial charge in [-0.05, 0) is 37.0 Å². The fourth-order valence-corrected chi connectivity index (χ4v) is 2.23. The zero-order chi connectivity index (χ0) is 19.2. The van der Waals surface area contributed by atoms with Crippen LogP contribution in [0.5, 0.6) is 0 Å². The Labute approximate surface area is 157 Å². The van der Waals surface area contributed by atoms with Gasteiger partial charge < -0.3 is 10.1 Å². The number of carbonyl (C=O) groups is 2. The minimum atomic E-state index is -1.03. The average Bonchev–Trinajstić information content (AvgIpc) is 2.48. The Morgan fingerprint density at radius 3 is 2.44 bits per heavy atom. The van der Waals surface area contributed by atoms with Crippen LogP contribution in [0.15, 0.2) is 18.2 Å². The van der Waals surface area contributed by atoms with Crippen molar-refractivity contribution in [2.24, 2.45) is 5.41 Å². The van der Waals surface area contributed by atoms with E-state index >= 15 is 0 Å². The summed E-state index contributed by atoms with van der Waals surface area (Å²) >= 11 is 11.7. The van der Waals surface area contributed by atoms with E-state index in [9.17, 15) is 9.59 Å². The molecule has 136 valence electrons. The molecule has 0 bridgehead atoms. The maximum atomic E-state index is 12.3. The van der Waals surface area contributed by atoms with Crippen molar-refractivity contribution in [3.63, 3.8) is 0 Å². The molecule has 0 spiro atoms. The third-order valence-corrected chi connectivity index (χ3v) is 3.80. The van der Waals surface area contributed by atoms with Crippen LogP contribution < -0.4 is 10.6 Å². The molecule has 1 aromatic carbocycles. The van der Waals surface area contributed by atoms with Crippen LogP contribution in [0.2, 0.25) is 10.0 Å². The smallest absolute Gasteiger partial charge is 0.412 e. The van der Waals surface area contributed by atoms with Crippen molar-refractivity contribution in [1.29, 1.82) is 5.26 Å². The topological polar surface area (TPSA) is 91.2 Å². The summed E-state index contributed by atoms with van der Waals surface area (Å²) in [4.78, 5) is 24.4. The second-order valence-corrected chi connectivity index (χ2v) is 7.59. The number of benzene rings is 1. The number of amides is 2. The van der Waals surface area contributed by atoms with Gasteiger partial charge in [-0.15, -0.1) is 0 Å². The molecular formula is C17H21Cl2N3O3. The van der Waals surface area contributed by atoms with E-state index < -0.39 is 24.1 Å². The second-order valence-electron chi connectivity index (χ2n) is 6.77. The van der Waals surface area contributed by atoms with Gasteiger partial charge in [0.1, 0.15) is 6.04 Å². The first-order valence-corrected chi connectivity index (χ1v) is 8.40. The summed E-state index contributed by atoms with van der Waals surface area (Å²) in [6.45, 7) is 7.30. The van der Waals surface area contributed by atoms with Gasteiger partial charge in [0.05, 0.1) is 16.1 Å². The summed E-state index contributed by atoms with van der Waals surface area (Å²) in [5, 5.41) is 14.4. The molecule has 0 saturated heterocycles. The summed E-state index contributed by atoms with van der Waals surface area (Å²) in [7, 11) is 0. The minimum absolute atomic E-state index is 0.262. The SMILES string of the molecule is CC(C#N)NC(=O)C(CC(C)(C)C)OC(=O)Nc1ccc(Cl)c(Cl)c1. The van der Waals surface area contributed by atoms with Crippen LogP contribution in [0.3, 0.4) is 0 Å². The van der Waals surface area contributed by atoms with E-state index in [2.05, 4.69) is 10.6 Å². The van der Waals surface area contributed by atoms with E-state index in [-0.39, 0.29) is 10.4 Å². The summed E-state index contributed by atoms with van der Waals surface area (Å²) < 4.78 is 5.26. The van der Waals surface area contributed by atoms with Crippen LogP contribution in [-0.2, 0) is 9.53 Å². The number of hydrogen-bond acceptors (Lipinski definition) is 4. The van der Waals surface area contributed by atoms with Gasteiger partial charge in [-0.1, -0.05) is 44.0 Å². The summed E-state index contributed by atoms with van der Waals surface area (Å²) in [6, 6.07) is 5.79. The number of rotatable bonds is 5. The maximum absolute atomic E-state index is 12.3. The van der Waals surface area contributed by atoms with Crippen LogP contribution >= 0.6 is 23.2 Å². The highest BCUT2D eigenvalue weighted by atomic mass is 35.5. The Balaban J connectivity index is 2.81. The molecule has 2 unspecified atom stereocenters. The molecule has 6 nitrogen and oxygen atoms in total. The van der Waals surface area contributed by atoms with E-state index in [4.69, 9.17) is 33.2 Å². The van der Waals surface area contributed by atoms with Crippen molar-refractivity contribution >= 4 is 40.9 Å². The van der Waals surface area contributed by atoms with Gasteiger partial charge >= 0.3 is 6.09 Å². The van der Waals surface area contributed by atoms with Crippen molar-refractivity contribution in [1.82, 2.24) is 5.32 Å². The van der Waals surface area contributed by atoms with Crippen LogP contribution in [0.4, 0.5) is 10.5 Å². The Bertz CT molecular complexity index is 681. The second kappa shape index (κ2) is 8.93. The third kappa shape index (κ3) is 7.63. The van der Waals surface area contributed by atoms with Crippen molar-refractivity contribution in [3.05, 3.63) is 28.2 Å². The molecule has 2 N–H and O–H groups in total. The molecule has 0 fully saturated rings. The zero-order valence-electron chi connectivity index (χ0n) is 14.5. The van der Waals surface area contributed by atoms with Crippen LogP contribution in [0, 0.1) is 16.7 Å². The molecule has 25 heavy (non-hydrogen) atoms. The van der Waals surface area contributed by atoms with Crippen molar-refractivity contribution in [2.75, 3.05) is 5.32 Å². The quantitative estimate of drug-likeness (QED) is 0.786. The summed E-state index contributed by atoms with van der Waals surface area (Å²) in [5.74, 6) is -0.520. The predicted octanol–water partition coefficient (Wildman–Crippen LogP) is 4.37. The molecule has 0 aliphatic rings. The molecule has 2 amide bonds.